The lowest BCUT2D eigenvalue weighted by atomic mass is 9.79. The standard InChI is InChI=1S/C18H29NO6/c1-10-7-15(20)25-13-5-6-19-8-14(23-4)12(16(13)19)9-24-17(21)18(3,22)11(10)2/h10-14,16,22H,5-9H2,1-4H3/t10?,11-,12-,13-,14-,16-,18-/m0/s1. The van der Waals surface area contributed by atoms with Crippen LogP contribution in [0.2, 0.25) is 0 Å². The Kier molecular flexibility index (Phi) is 5.10. The van der Waals surface area contributed by atoms with Crippen LogP contribution in [0.25, 0.3) is 0 Å². The summed E-state index contributed by atoms with van der Waals surface area (Å²) in [5.74, 6) is -1.60. The first-order valence-electron chi connectivity index (χ1n) is 9.11. The van der Waals surface area contributed by atoms with E-state index in [9.17, 15) is 14.7 Å². The SMILES string of the molecule is CO[C@H]1CN2CC[C@@H]3OC(=O)CC(C)[C@H](C)[C@](C)(O)C(=O)OC[C@@H]1[C@@H]32. The molecule has 142 valence electrons. The number of carbonyl (C=O) groups is 2. The van der Waals surface area contributed by atoms with E-state index >= 15 is 0 Å². The number of hydrogen-bond acceptors (Lipinski definition) is 7. The van der Waals surface area contributed by atoms with Crippen LogP contribution in [-0.4, -0.2) is 72.6 Å². The summed E-state index contributed by atoms with van der Waals surface area (Å²) in [6, 6.07) is -0.00111. The van der Waals surface area contributed by atoms with Crippen molar-refractivity contribution in [2.24, 2.45) is 17.8 Å². The van der Waals surface area contributed by atoms with Crippen molar-refractivity contribution in [3.63, 3.8) is 0 Å². The molecule has 0 radical (unpaired) electrons. The fraction of sp³-hybridized carbons (Fsp3) is 0.889. The highest BCUT2D eigenvalue weighted by Crippen LogP contribution is 2.38. The quantitative estimate of drug-likeness (QED) is 0.689. The van der Waals surface area contributed by atoms with Gasteiger partial charge in [-0.2, -0.15) is 0 Å². The van der Waals surface area contributed by atoms with Crippen molar-refractivity contribution in [3.8, 4) is 0 Å². The van der Waals surface area contributed by atoms with E-state index in [1.165, 1.54) is 6.92 Å². The Morgan fingerprint density at radius 2 is 2.04 bits per heavy atom. The monoisotopic (exact) mass is 355 g/mol. The predicted octanol–water partition coefficient (Wildman–Crippen LogP) is 0.587. The molecule has 1 unspecified atom stereocenters. The third-order valence-corrected chi connectivity index (χ3v) is 6.47. The average molecular weight is 355 g/mol. The molecule has 3 fully saturated rings. The number of rotatable bonds is 1. The Bertz CT molecular complexity index is 536. The lowest BCUT2D eigenvalue weighted by Gasteiger charge is -2.35. The number of carbonyl (C=O) groups excluding carboxylic acids is 2. The molecular formula is C18H29NO6. The van der Waals surface area contributed by atoms with Crippen LogP contribution in [-0.2, 0) is 23.8 Å². The molecule has 0 bridgehead atoms. The van der Waals surface area contributed by atoms with Gasteiger partial charge < -0.3 is 19.3 Å². The van der Waals surface area contributed by atoms with Gasteiger partial charge in [0.1, 0.15) is 6.10 Å². The van der Waals surface area contributed by atoms with Crippen molar-refractivity contribution in [2.45, 2.75) is 57.5 Å². The first kappa shape index (κ1) is 18.6. The summed E-state index contributed by atoms with van der Waals surface area (Å²) in [5, 5.41) is 10.7. The molecule has 7 heteroatoms. The number of esters is 2. The van der Waals surface area contributed by atoms with Crippen LogP contribution in [0.1, 0.15) is 33.6 Å². The van der Waals surface area contributed by atoms with Crippen LogP contribution >= 0.6 is 0 Å². The molecule has 25 heavy (non-hydrogen) atoms. The zero-order valence-corrected chi connectivity index (χ0v) is 15.4. The van der Waals surface area contributed by atoms with Crippen molar-refractivity contribution in [1.82, 2.24) is 4.90 Å². The molecule has 3 heterocycles. The average Bonchev–Trinajstić information content (AvgIpc) is 3.10. The minimum Gasteiger partial charge on any atom is -0.463 e. The second-order valence-electron chi connectivity index (χ2n) is 7.96. The number of aliphatic hydroxyl groups is 1. The molecule has 7 nitrogen and oxygen atoms in total. The van der Waals surface area contributed by atoms with E-state index in [4.69, 9.17) is 14.2 Å². The van der Waals surface area contributed by atoms with Gasteiger partial charge in [-0.25, -0.2) is 4.79 Å². The number of methoxy groups -OCH3 is 1. The van der Waals surface area contributed by atoms with Crippen molar-refractivity contribution in [3.05, 3.63) is 0 Å². The molecule has 0 amide bonds. The molecule has 3 aliphatic heterocycles. The van der Waals surface area contributed by atoms with Gasteiger partial charge in [-0.15, -0.1) is 0 Å². The van der Waals surface area contributed by atoms with Gasteiger partial charge in [-0.3, -0.25) is 9.69 Å². The van der Waals surface area contributed by atoms with Gasteiger partial charge in [-0.05, 0) is 25.2 Å². The van der Waals surface area contributed by atoms with Gasteiger partial charge in [-0.1, -0.05) is 13.8 Å². The molecule has 0 aromatic carbocycles. The smallest absolute Gasteiger partial charge is 0.338 e. The zero-order chi connectivity index (χ0) is 18.4. The summed E-state index contributed by atoms with van der Waals surface area (Å²) in [6.45, 7) is 6.81. The maximum atomic E-state index is 12.5. The first-order valence-corrected chi connectivity index (χ1v) is 9.11. The van der Waals surface area contributed by atoms with Gasteiger partial charge in [0.05, 0.1) is 18.8 Å². The lowest BCUT2D eigenvalue weighted by molar-refractivity contribution is -0.177. The van der Waals surface area contributed by atoms with E-state index in [0.717, 1.165) is 19.5 Å². The van der Waals surface area contributed by atoms with Gasteiger partial charge in [0.15, 0.2) is 5.60 Å². The highest BCUT2D eigenvalue weighted by Gasteiger charge is 2.52. The molecule has 7 atom stereocenters. The fourth-order valence-electron chi connectivity index (χ4n) is 4.49. The lowest BCUT2D eigenvalue weighted by Crippen LogP contribution is -2.48. The maximum Gasteiger partial charge on any atom is 0.338 e. The molecule has 3 aliphatic rings. The van der Waals surface area contributed by atoms with E-state index in [1.807, 2.05) is 6.92 Å². The van der Waals surface area contributed by atoms with E-state index in [2.05, 4.69) is 4.90 Å². The summed E-state index contributed by atoms with van der Waals surface area (Å²) >= 11 is 0. The number of cyclic esters (lactones) is 1. The summed E-state index contributed by atoms with van der Waals surface area (Å²) in [4.78, 5) is 27.2. The molecule has 0 aliphatic carbocycles. The van der Waals surface area contributed by atoms with Gasteiger partial charge in [0, 0.05) is 32.5 Å². The zero-order valence-electron chi connectivity index (χ0n) is 15.4. The van der Waals surface area contributed by atoms with Crippen molar-refractivity contribution in [2.75, 3.05) is 26.8 Å². The van der Waals surface area contributed by atoms with Crippen molar-refractivity contribution in [1.29, 1.82) is 0 Å². The van der Waals surface area contributed by atoms with Crippen molar-refractivity contribution < 1.29 is 28.9 Å². The molecule has 0 saturated carbocycles. The molecule has 3 rings (SSSR count). The van der Waals surface area contributed by atoms with E-state index < -0.39 is 17.5 Å². The second-order valence-corrected chi connectivity index (χ2v) is 7.96. The van der Waals surface area contributed by atoms with E-state index in [0.29, 0.717) is 0 Å². The largest absolute Gasteiger partial charge is 0.463 e. The molecule has 0 spiro atoms. The Morgan fingerprint density at radius 1 is 1.32 bits per heavy atom. The van der Waals surface area contributed by atoms with Crippen LogP contribution < -0.4 is 0 Å². The molecule has 0 aromatic heterocycles. The van der Waals surface area contributed by atoms with Crippen LogP contribution in [0.4, 0.5) is 0 Å². The van der Waals surface area contributed by atoms with Crippen LogP contribution in [0, 0.1) is 17.8 Å². The second kappa shape index (κ2) is 6.85. The summed E-state index contributed by atoms with van der Waals surface area (Å²) in [5.41, 5.74) is -1.64. The topological polar surface area (TPSA) is 85.3 Å². The Morgan fingerprint density at radius 3 is 2.72 bits per heavy atom. The maximum absolute atomic E-state index is 12.5. The van der Waals surface area contributed by atoms with Gasteiger partial charge in [0.2, 0.25) is 0 Å². The summed E-state index contributed by atoms with van der Waals surface area (Å²) < 4.78 is 16.9. The predicted molar refractivity (Wildman–Crippen MR) is 88.7 cm³/mol. The minimum absolute atomic E-state index is 0.00111. The van der Waals surface area contributed by atoms with Crippen molar-refractivity contribution >= 4 is 11.9 Å². The summed E-state index contributed by atoms with van der Waals surface area (Å²) in [6.07, 6.45) is 0.688. The minimum atomic E-state index is -1.64. The number of ether oxygens (including phenoxy) is 3. The molecule has 1 N–H and O–H groups in total. The van der Waals surface area contributed by atoms with Crippen LogP contribution in [0.5, 0.6) is 0 Å². The molecular weight excluding hydrogens is 326 g/mol. The third kappa shape index (κ3) is 3.29. The van der Waals surface area contributed by atoms with Crippen LogP contribution in [0.15, 0.2) is 0 Å². The highest BCUT2D eigenvalue weighted by atomic mass is 16.6. The normalized spacial score (nSPS) is 46.0. The summed E-state index contributed by atoms with van der Waals surface area (Å²) in [7, 11) is 1.64. The molecule has 3 saturated heterocycles. The van der Waals surface area contributed by atoms with E-state index in [1.54, 1.807) is 14.0 Å². The Hall–Kier alpha value is -1.18. The van der Waals surface area contributed by atoms with Gasteiger partial charge in [0.25, 0.3) is 0 Å². The third-order valence-electron chi connectivity index (χ3n) is 6.47. The van der Waals surface area contributed by atoms with E-state index in [-0.39, 0.29) is 49.1 Å². The molecule has 0 aromatic rings. The first-order chi connectivity index (χ1) is 11.8. The fourth-order valence-corrected chi connectivity index (χ4v) is 4.49. The number of hydrogen-bond donors (Lipinski definition) is 1. The number of nitrogens with zero attached hydrogens (tertiary/aromatic N) is 1. The van der Waals surface area contributed by atoms with Crippen LogP contribution in [0.3, 0.4) is 0 Å². The Labute approximate surface area is 148 Å². The van der Waals surface area contributed by atoms with Gasteiger partial charge >= 0.3 is 11.9 Å². The Balaban J connectivity index is 1.87. The highest BCUT2D eigenvalue weighted by molar-refractivity contribution is 5.79.